The Kier molecular flexibility index (Phi) is 4.04. The molecule has 2 aromatic rings. The first kappa shape index (κ1) is 13.9. The highest BCUT2D eigenvalue weighted by Gasteiger charge is 2.26. The quantitative estimate of drug-likeness (QED) is 0.935. The zero-order valence-electron chi connectivity index (χ0n) is 12.7. The molecule has 0 saturated carbocycles. The summed E-state index contributed by atoms with van der Waals surface area (Å²) in [7, 11) is 0. The highest BCUT2D eigenvalue weighted by Crippen LogP contribution is 2.32. The van der Waals surface area contributed by atoms with Crippen molar-refractivity contribution in [2.45, 2.75) is 26.2 Å². The molecular weight excluding hydrogens is 260 g/mol. The molecule has 0 aliphatic carbocycles. The molecule has 1 saturated heterocycles. The fourth-order valence-corrected chi connectivity index (χ4v) is 3.06. The van der Waals surface area contributed by atoms with Gasteiger partial charge in [0.1, 0.15) is 18.0 Å². The van der Waals surface area contributed by atoms with Gasteiger partial charge in [-0.05, 0) is 25.8 Å². The second-order valence-electron chi connectivity index (χ2n) is 5.54. The van der Waals surface area contributed by atoms with E-state index in [0.717, 1.165) is 36.8 Å². The van der Waals surface area contributed by atoms with Crippen molar-refractivity contribution in [3.05, 3.63) is 47.8 Å². The van der Waals surface area contributed by atoms with Crippen LogP contribution in [0.5, 0.6) is 0 Å². The lowest BCUT2D eigenvalue weighted by molar-refractivity contribution is 0.774. The molecular formula is C17H22N4. The second-order valence-corrected chi connectivity index (χ2v) is 5.54. The molecule has 1 aromatic heterocycles. The van der Waals surface area contributed by atoms with Crippen molar-refractivity contribution in [3.8, 4) is 0 Å². The van der Waals surface area contributed by atoms with Crippen molar-refractivity contribution in [2.75, 3.05) is 29.9 Å². The van der Waals surface area contributed by atoms with Gasteiger partial charge in [-0.15, -0.1) is 0 Å². The number of hydrogen-bond acceptors (Lipinski definition) is 4. The lowest BCUT2D eigenvalue weighted by Gasteiger charge is -2.21. The number of benzene rings is 1. The molecule has 1 aromatic carbocycles. The fourth-order valence-electron chi connectivity index (χ4n) is 3.06. The molecule has 1 N–H and O–H groups in total. The van der Waals surface area contributed by atoms with E-state index in [4.69, 9.17) is 0 Å². The third-order valence-corrected chi connectivity index (χ3v) is 4.16. The van der Waals surface area contributed by atoms with Crippen molar-refractivity contribution in [1.82, 2.24) is 9.97 Å². The zero-order chi connectivity index (χ0) is 14.7. The molecule has 4 nitrogen and oxygen atoms in total. The van der Waals surface area contributed by atoms with Gasteiger partial charge in [0, 0.05) is 31.1 Å². The average Bonchev–Trinajstić information content (AvgIpc) is 3.00. The van der Waals surface area contributed by atoms with Gasteiger partial charge >= 0.3 is 0 Å². The van der Waals surface area contributed by atoms with E-state index in [0.29, 0.717) is 5.92 Å². The van der Waals surface area contributed by atoms with Gasteiger partial charge in [-0.2, -0.15) is 0 Å². The zero-order valence-corrected chi connectivity index (χ0v) is 12.7. The van der Waals surface area contributed by atoms with Crippen molar-refractivity contribution < 1.29 is 0 Å². The Morgan fingerprint density at radius 1 is 1.24 bits per heavy atom. The first-order valence-electron chi connectivity index (χ1n) is 7.65. The van der Waals surface area contributed by atoms with E-state index < -0.39 is 0 Å². The second kappa shape index (κ2) is 6.12. The maximum Gasteiger partial charge on any atom is 0.137 e. The van der Waals surface area contributed by atoms with E-state index in [2.05, 4.69) is 64.4 Å². The maximum absolute atomic E-state index is 4.51. The summed E-state index contributed by atoms with van der Waals surface area (Å²) in [6.45, 7) is 7.16. The van der Waals surface area contributed by atoms with Gasteiger partial charge in [0.15, 0.2) is 0 Å². The van der Waals surface area contributed by atoms with Gasteiger partial charge in [-0.3, -0.25) is 0 Å². The van der Waals surface area contributed by atoms with Gasteiger partial charge in [-0.1, -0.05) is 30.3 Å². The largest absolute Gasteiger partial charge is 0.370 e. The molecule has 0 amide bonds. The third-order valence-electron chi connectivity index (χ3n) is 4.16. The Morgan fingerprint density at radius 3 is 2.81 bits per heavy atom. The average molecular weight is 282 g/mol. The normalized spacial score (nSPS) is 18.0. The smallest absolute Gasteiger partial charge is 0.137 e. The Bertz CT molecular complexity index is 597. The van der Waals surface area contributed by atoms with Crippen LogP contribution in [0.4, 0.5) is 11.6 Å². The SMILES string of the molecule is CCNc1ncnc(N2CCC(c3ccccc3)C2)c1C. The van der Waals surface area contributed by atoms with E-state index in [-0.39, 0.29) is 0 Å². The molecule has 1 unspecified atom stereocenters. The minimum atomic E-state index is 0.600. The number of nitrogens with one attached hydrogen (secondary N) is 1. The van der Waals surface area contributed by atoms with Crippen LogP contribution in [0.1, 0.15) is 30.4 Å². The molecule has 0 bridgehead atoms. The van der Waals surface area contributed by atoms with E-state index in [1.54, 1.807) is 6.33 Å². The van der Waals surface area contributed by atoms with E-state index >= 15 is 0 Å². The molecule has 1 atom stereocenters. The Hall–Kier alpha value is -2.10. The van der Waals surface area contributed by atoms with Crippen molar-refractivity contribution in [1.29, 1.82) is 0 Å². The monoisotopic (exact) mass is 282 g/mol. The highest BCUT2D eigenvalue weighted by molar-refractivity contribution is 5.58. The fraction of sp³-hybridized carbons (Fsp3) is 0.412. The summed E-state index contributed by atoms with van der Waals surface area (Å²) in [4.78, 5) is 11.2. The van der Waals surface area contributed by atoms with E-state index in [1.165, 1.54) is 12.0 Å². The van der Waals surface area contributed by atoms with Crippen molar-refractivity contribution in [2.24, 2.45) is 0 Å². The number of anilines is 2. The summed E-state index contributed by atoms with van der Waals surface area (Å²) in [5, 5.41) is 3.30. The topological polar surface area (TPSA) is 41.1 Å². The highest BCUT2D eigenvalue weighted by atomic mass is 15.2. The molecule has 1 aliphatic rings. The van der Waals surface area contributed by atoms with Crippen LogP contribution < -0.4 is 10.2 Å². The Morgan fingerprint density at radius 2 is 2.05 bits per heavy atom. The summed E-state index contributed by atoms with van der Waals surface area (Å²) in [6.07, 6.45) is 2.85. The first-order valence-corrected chi connectivity index (χ1v) is 7.65. The van der Waals surface area contributed by atoms with Crippen LogP contribution in [0.25, 0.3) is 0 Å². The van der Waals surface area contributed by atoms with Crippen LogP contribution in [0.15, 0.2) is 36.7 Å². The van der Waals surface area contributed by atoms with Crippen LogP contribution in [-0.4, -0.2) is 29.6 Å². The van der Waals surface area contributed by atoms with Gasteiger partial charge in [0.25, 0.3) is 0 Å². The summed E-state index contributed by atoms with van der Waals surface area (Å²) in [5.74, 6) is 2.62. The van der Waals surface area contributed by atoms with E-state index in [1.807, 2.05) is 0 Å². The molecule has 0 spiro atoms. The molecule has 1 fully saturated rings. The Labute approximate surface area is 126 Å². The molecule has 21 heavy (non-hydrogen) atoms. The molecule has 3 rings (SSSR count). The van der Waals surface area contributed by atoms with Gasteiger partial charge in [-0.25, -0.2) is 9.97 Å². The lowest BCUT2D eigenvalue weighted by Crippen LogP contribution is -2.22. The molecule has 110 valence electrons. The summed E-state index contributed by atoms with van der Waals surface area (Å²) < 4.78 is 0. The van der Waals surface area contributed by atoms with Gasteiger partial charge in [0.05, 0.1) is 0 Å². The maximum atomic E-state index is 4.51. The van der Waals surface area contributed by atoms with Crippen molar-refractivity contribution >= 4 is 11.6 Å². The molecule has 4 heteroatoms. The van der Waals surface area contributed by atoms with Crippen LogP contribution in [-0.2, 0) is 0 Å². The van der Waals surface area contributed by atoms with E-state index in [9.17, 15) is 0 Å². The lowest BCUT2D eigenvalue weighted by atomic mass is 9.99. The van der Waals surface area contributed by atoms with Crippen LogP contribution in [0.2, 0.25) is 0 Å². The first-order chi connectivity index (χ1) is 10.3. The Balaban J connectivity index is 1.79. The van der Waals surface area contributed by atoms with Crippen molar-refractivity contribution in [3.63, 3.8) is 0 Å². The number of nitrogens with zero attached hydrogens (tertiary/aromatic N) is 3. The number of rotatable bonds is 4. The summed E-state index contributed by atoms with van der Waals surface area (Å²) in [6, 6.07) is 10.8. The molecule has 0 radical (unpaired) electrons. The molecule has 1 aliphatic heterocycles. The number of aromatic nitrogens is 2. The van der Waals surface area contributed by atoms with Crippen LogP contribution in [0, 0.1) is 6.92 Å². The van der Waals surface area contributed by atoms with Crippen LogP contribution >= 0.6 is 0 Å². The third kappa shape index (κ3) is 2.84. The predicted octanol–water partition coefficient (Wildman–Crippen LogP) is 3.21. The van der Waals surface area contributed by atoms with Gasteiger partial charge in [0.2, 0.25) is 0 Å². The van der Waals surface area contributed by atoms with Gasteiger partial charge < -0.3 is 10.2 Å². The minimum absolute atomic E-state index is 0.600. The molecule has 2 heterocycles. The standard InChI is InChI=1S/C17H22N4/c1-3-18-16-13(2)17(20-12-19-16)21-10-9-15(11-21)14-7-5-4-6-8-14/h4-8,12,15H,3,9-11H2,1-2H3,(H,18,19,20). The summed E-state index contributed by atoms with van der Waals surface area (Å²) >= 11 is 0. The number of hydrogen-bond donors (Lipinski definition) is 1. The summed E-state index contributed by atoms with van der Waals surface area (Å²) in [5.41, 5.74) is 2.58. The van der Waals surface area contributed by atoms with Crippen LogP contribution in [0.3, 0.4) is 0 Å². The predicted molar refractivity (Wildman–Crippen MR) is 86.9 cm³/mol. The minimum Gasteiger partial charge on any atom is -0.370 e.